The minimum absolute atomic E-state index is 0.155. The highest BCUT2D eigenvalue weighted by atomic mass is 32.1. The average Bonchev–Trinajstić information content (AvgIpc) is 3.07. The van der Waals surface area contributed by atoms with Gasteiger partial charge in [0.15, 0.2) is 0 Å². The van der Waals surface area contributed by atoms with E-state index in [1.54, 1.807) is 23.5 Å². The lowest BCUT2D eigenvalue weighted by Gasteiger charge is -2.10. The highest BCUT2D eigenvalue weighted by Gasteiger charge is 2.09. The van der Waals surface area contributed by atoms with Gasteiger partial charge in [0.25, 0.3) is 5.91 Å². The quantitative estimate of drug-likeness (QED) is 0.635. The number of hydrogen-bond donors (Lipinski definition) is 1. The number of carbonyl (C=O) groups excluding carboxylic acids is 1. The fraction of sp³-hybridized carbons (Fsp3) is 0.238. The van der Waals surface area contributed by atoms with Gasteiger partial charge in [-0.25, -0.2) is 4.98 Å². The van der Waals surface area contributed by atoms with Crippen LogP contribution in [0.15, 0.2) is 53.9 Å². The zero-order chi connectivity index (χ0) is 18.5. The minimum Gasteiger partial charge on any atom is -0.493 e. The van der Waals surface area contributed by atoms with E-state index < -0.39 is 0 Å². The molecule has 3 aromatic rings. The molecular weight excluding hydrogens is 344 g/mol. The maximum atomic E-state index is 12.5. The predicted molar refractivity (Wildman–Crippen MR) is 107 cm³/mol. The number of hydrogen-bond acceptors (Lipinski definition) is 4. The van der Waals surface area contributed by atoms with Gasteiger partial charge in [0.1, 0.15) is 5.75 Å². The Hall–Kier alpha value is -2.66. The van der Waals surface area contributed by atoms with Crippen LogP contribution in [0.1, 0.15) is 29.2 Å². The molecule has 134 valence electrons. The molecule has 1 heterocycles. The van der Waals surface area contributed by atoms with E-state index in [0.717, 1.165) is 22.0 Å². The molecule has 0 saturated heterocycles. The third-order valence-corrected chi connectivity index (χ3v) is 4.51. The van der Waals surface area contributed by atoms with E-state index in [0.29, 0.717) is 23.8 Å². The van der Waals surface area contributed by atoms with Gasteiger partial charge in [0, 0.05) is 22.2 Å². The van der Waals surface area contributed by atoms with Crippen LogP contribution in [0.4, 0.5) is 5.69 Å². The standard InChI is InChI=1S/C21H22N2O2S/c1-14(2)12-25-19-6-4-5-17(11-19)21(24)23-18-9-7-16(8-10-18)20-13-26-15(3)22-20/h4-11,13-14H,12H2,1-3H3,(H,23,24). The second kappa shape index (κ2) is 8.15. The van der Waals surface area contributed by atoms with E-state index in [9.17, 15) is 4.79 Å². The Labute approximate surface area is 157 Å². The highest BCUT2D eigenvalue weighted by Crippen LogP contribution is 2.23. The van der Waals surface area contributed by atoms with E-state index in [2.05, 4.69) is 24.1 Å². The number of amides is 1. The fourth-order valence-electron chi connectivity index (χ4n) is 2.41. The lowest BCUT2D eigenvalue weighted by Crippen LogP contribution is -2.12. The molecule has 1 aromatic heterocycles. The summed E-state index contributed by atoms with van der Waals surface area (Å²) in [5.41, 5.74) is 3.32. The summed E-state index contributed by atoms with van der Waals surface area (Å²) >= 11 is 1.63. The number of aromatic nitrogens is 1. The number of aryl methyl sites for hydroxylation is 1. The number of ether oxygens (including phenoxy) is 1. The molecular formula is C21H22N2O2S. The van der Waals surface area contributed by atoms with Crippen molar-refractivity contribution >= 4 is 22.9 Å². The van der Waals surface area contributed by atoms with E-state index >= 15 is 0 Å². The van der Waals surface area contributed by atoms with Crippen molar-refractivity contribution in [3.8, 4) is 17.0 Å². The average molecular weight is 366 g/mol. The minimum atomic E-state index is -0.155. The Morgan fingerprint density at radius 1 is 1.19 bits per heavy atom. The van der Waals surface area contributed by atoms with Crippen LogP contribution >= 0.6 is 11.3 Å². The van der Waals surface area contributed by atoms with Crippen molar-refractivity contribution in [2.24, 2.45) is 5.92 Å². The van der Waals surface area contributed by atoms with Gasteiger partial charge >= 0.3 is 0 Å². The highest BCUT2D eigenvalue weighted by molar-refractivity contribution is 7.09. The van der Waals surface area contributed by atoms with Crippen LogP contribution in [0.2, 0.25) is 0 Å². The first-order valence-electron chi connectivity index (χ1n) is 8.58. The fourth-order valence-corrected chi connectivity index (χ4v) is 3.04. The molecule has 1 N–H and O–H groups in total. The number of rotatable bonds is 6. The van der Waals surface area contributed by atoms with Crippen molar-refractivity contribution in [3.63, 3.8) is 0 Å². The summed E-state index contributed by atoms with van der Waals surface area (Å²) in [6.07, 6.45) is 0. The van der Waals surface area contributed by atoms with Crippen molar-refractivity contribution in [1.82, 2.24) is 4.98 Å². The maximum Gasteiger partial charge on any atom is 0.255 e. The largest absolute Gasteiger partial charge is 0.493 e. The predicted octanol–water partition coefficient (Wildman–Crippen LogP) is 5.41. The van der Waals surface area contributed by atoms with Crippen LogP contribution in [0, 0.1) is 12.8 Å². The number of nitrogens with zero attached hydrogens (tertiary/aromatic N) is 1. The van der Waals surface area contributed by atoms with Gasteiger partial charge in [-0.1, -0.05) is 32.0 Å². The van der Waals surface area contributed by atoms with Gasteiger partial charge in [-0.15, -0.1) is 11.3 Å². The second-order valence-corrected chi connectivity index (χ2v) is 7.58. The molecule has 0 radical (unpaired) electrons. The Morgan fingerprint density at radius 3 is 2.62 bits per heavy atom. The Bertz CT molecular complexity index is 885. The van der Waals surface area contributed by atoms with Crippen LogP contribution in [0.25, 0.3) is 11.3 Å². The number of benzene rings is 2. The molecule has 4 nitrogen and oxygen atoms in total. The number of nitrogens with one attached hydrogen (secondary N) is 1. The number of anilines is 1. The molecule has 0 bridgehead atoms. The second-order valence-electron chi connectivity index (χ2n) is 6.52. The maximum absolute atomic E-state index is 12.5. The molecule has 3 rings (SSSR count). The number of carbonyl (C=O) groups is 1. The number of thiazole rings is 1. The summed E-state index contributed by atoms with van der Waals surface area (Å²) < 4.78 is 5.69. The summed E-state index contributed by atoms with van der Waals surface area (Å²) in [4.78, 5) is 17.0. The lowest BCUT2D eigenvalue weighted by molar-refractivity contribution is 0.102. The molecule has 0 aliphatic carbocycles. The van der Waals surface area contributed by atoms with Crippen LogP contribution in [0.3, 0.4) is 0 Å². The van der Waals surface area contributed by atoms with Crippen LogP contribution in [0.5, 0.6) is 5.75 Å². The summed E-state index contributed by atoms with van der Waals surface area (Å²) in [5.74, 6) is 0.991. The van der Waals surface area contributed by atoms with Gasteiger partial charge in [-0.2, -0.15) is 0 Å². The van der Waals surface area contributed by atoms with E-state index in [1.807, 2.05) is 48.7 Å². The first-order valence-corrected chi connectivity index (χ1v) is 9.46. The summed E-state index contributed by atoms with van der Waals surface area (Å²) in [6.45, 7) is 6.80. The molecule has 1 amide bonds. The third kappa shape index (κ3) is 4.70. The van der Waals surface area contributed by atoms with Gasteiger partial charge in [-0.3, -0.25) is 4.79 Å². The van der Waals surface area contributed by atoms with E-state index in [1.165, 1.54) is 0 Å². The molecule has 0 saturated carbocycles. The molecule has 0 fully saturated rings. The zero-order valence-electron chi connectivity index (χ0n) is 15.2. The van der Waals surface area contributed by atoms with Crippen molar-refractivity contribution < 1.29 is 9.53 Å². The summed E-state index contributed by atoms with van der Waals surface area (Å²) in [6, 6.07) is 15.0. The Kier molecular flexibility index (Phi) is 5.68. The van der Waals surface area contributed by atoms with E-state index in [4.69, 9.17) is 4.74 Å². The normalized spacial score (nSPS) is 10.8. The SMILES string of the molecule is Cc1nc(-c2ccc(NC(=O)c3cccc(OCC(C)C)c3)cc2)cs1. The summed E-state index contributed by atoms with van der Waals surface area (Å²) in [7, 11) is 0. The lowest BCUT2D eigenvalue weighted by atomic mass is 10.1. The first-order chi connectivity index (χ1) is 12.5. The molecule has 0 aliphatic heterocycles. The summed E-state index contributed by atoms with van der Waals surface area (Å²) in [5, 5.41) is 5.99. The van der Waals surface area contributed by atoms with Crippen molar-refractivity contribution in [2.45, 2.75) is 20.8 Å². The molecule has 0 aliphatic rings. The zero-order valence-corrected chi connectivity index (χ0v) is 16.0. The Balaban J connectivity index is 1.67. The molecule has 26 heavy (non-hydrogen) atoms. The first kappa shape index (κ1) is 18.1. The van der Waals surface area contributed by atoms with Crippen molar-refractivity contribution in [2.75, 3.05) is 11.9 Å². The van der Waals surface area contributed by atoms with Crippen LogP contribution in [-0.4, -0.2) is 17.5 Å². The van der Waals surface area contributed by atoms with Crippen molar-refractivity contribution in [1.29, 1.82) is 0 Å². The molecule has 0 spiro atoms. The van der Waals surface area contributed by atoms with Gasteiger partial charge in [0.2, 0.25) is 0 Å². The van der Waals surface area contributed by atoms with Gasteiger partial charge < -0.3 is 10.1 Å². The topological polar surface area (TPSA) is 51.2 Å². The van der Waals surface area contributed by atoms with Gasteiger partial charge in [0.05, 0.1) is 17.3 Å². The van der Waals surface area contributed by atoms with Crippen molar-refractivity contribution in [3.05, 3.63) is 64.5 Å². The monoisotopic (exact) mass is 366 g/mol. The molecule has 0 atom stereocenters. The van der Waals surface area contributed by atoms with Gasteiger partial charge in [-0.05, 0) is 43.2 Å². The third-order valence-electron chi connectivity index (χ3n) is 3.74. The van der Waals surface area contributed by atoms with E-state index in [-0.39, 0.29) is 5.91 Å². The molecule has 2 aromatic carbocycles. The van der Waals surface area contributed by atoms with Crippen LogP contribution in [-0.2, 0) is 0 Å². The Morgan fingerprint density at radius 2 is 1.96 bits per heavy atom. The molecule has 5 heteroatoms. The molecule has 0 unspecified atom stereocenters. The smallest absolute Gasteiger partial charge is 0.255 e. The van der Waals surface area contributed by atoms with Crippen LogP contribution < -0.4 is 10.1 Å².